The Morgan fingerprint density at radius 1 is 0.458 bits per heavy atom. The van der Waals surface area contributed by atoms with Crippen molar-refractivity contribution in [2.24, 2.45) is 45.3 Å². The fourth-order valence-corrected chi connectivity index (χ4v) is 15.4. The van der Waals surface area contributed by atoms with Gasteiger partial charge in [0.15, 0.2) is 0 Å². The molecular formula is C73H122O10. The molecule has 0 aromatic carbocycles. The Morgan fingerprint density at radius 3 is 1.14 bits per heavy atom. The van der Waals surface area contributed by atoms with Crippen LogP contribution in [0.5, 0.6) is 0 Å². The second-order valence-corrected chi connectivity index (χ2v) is 27.4. The lowest BCUT2D eigenvalue weighted by Crippen LogP contribution is -2.53. The molecule has 10 nitrogen and oxygen atoms in total. The maximum atomic E-state index is 13.4. The van der Waals surface area contributed by atoms with Gasteiger partial charge in [0.1, 0.15) is 26.4 Å². The molecule has 2 fully saturated rings. The summed E-state index contributed by atoms with van der Waals surface area (Å²) in [6, 6.07) is 0. The lowest BCUT2D eigenvalue weighted by Gasteiger charge is -2.59. The first-order valence-electron chi connectivity index (χ1n) is 34.2. The normalized spacial score (nSPS) is 26.2. The van der Waals surface area contributed by atoms with Gasteiger partial charge in [-0.15, -0.1) is 0 Å². The Kier molecular flexibility index (Phi) is 33.3. The van der Waals surface area contributed by atoms with Gasteiger partial charge in [-0.1, -0.05) is 197 Å². The highest BCUT2D eigenvalue weighted by molar-refractivity contribution is 5.78. The number of esters is 5. The van der Waals surface area contributed by atoms with Crippen LogP contribution in [0.4, 0.5) is 0 Å². The van der Waals surface area contributed by atoms with Crippen LogP contribution in [0.1, 0.15) is 306 Å². The summed E-state index contributed by atoms with van der Waals surface area (Å²) < 4.78 is 28.1. The van der Waals surface area contributed by atoms with Crippen molar-refractivity contribution >= 4 is 29.8 Å². The highest BCUT2D eigenvalue weighted by Gasteiger charge is 2.57. The van der Waals surface area contributed by atoms with Crippen LogP contribution >= 0.6 is 0 Å². The molecule has 0 aromatic rings. The van der Waals surface area contributed by atoms with Crippen molar-refractivity contribution in [1.29, 1.82) is 0 Å². The molecule has 0 amide bonds. The van der Waals surface area contributed by atoms with Gasteiger partial charge < -0.3 is 23.7 Å². The summed E-state index contributed by atoms with van der Waals surface area (Å²) >= 11 is 0. The van der Waals surface area contributed by atoms with Gasteiger partial charge in [0.25, 0.3) is 0 Å². The van der Waals surface area contributed by atoms with E-state index in [2.05, 4.69) is 80.5 Å². The lowest BCUT2D eigenvalue weighted by molar-refractivity contribution is -0.157. The summed E-state index contributed by atoms with van der Waals surface area (Å²) in [6.07, 6.45) is 49.6. The van der Waals surface area contributed by atoms with Crippen LogP contribution in [-0.2, 0) is 47.7 Å². The lowest BCUT2D eigenvalue weighted by atomic mass is 9.46. The molecule has 0 spiro atoms. The van der Waals surface area contributed by atoms with Crippen LogP contribution in [0.15, 0.2) is 46.6 Å². The zero-order chi connectivity index (χ0) is 60.6. The van der Waals surface area contributed by atoms with E-state index in [0.717, 1.165) is 95.5 Å². The van der Waals surface area contributed by atoms with E-state index in [0.29, 0.717) is 49.9 Å². The van der Waals surface area contributed by atoms with E-state index >= 15 is 0 Å². The van der Waals surface area contributed by atoms with E-state index in [9.17, 15) is 24.0 Å². The summed E-state index contributed by atoms with van der Waals surface area (Å²) in [6.45, 7) is 21.7. The Labute approximate surface area is 507 Å². The van der Waals surface area contributed by atoms with Gasteiger partial charge in [-0.05, 0) is 158 Å². The SMILES string of the molecule is CCCCCCCCCCCCCCCCCCCCCCCC(=O)OCC=C(C)CCC1(C)C(C)CCC2(COC(=O)CCC(=O)OCC=C(C)CCC3(C)C(C)CCC4(COC(=O)CCC(=O)OC)C(C)=CCCC43)C(C)=CCCC21. The monoisotopic (exact) mass is 1160 g/mol. The highest BCUT2D eigenvalue weighted by Crippen LogP contribution is 2.64. The van der Waals surface area contributed by atoms with Gasteiger partial charge in [0.2, 0.25) is 0 Å². The van der Waals surface area contributed by atoms with E-state index < -0.39 is 11.9 Å². The molecule has 4 aliphatic rings. The van der Waals surface area contributed by atoms with E-state index in [1.54, 1.807) is 0 Å². The van der Waals surface area contributed by atoms with E-state index in [-0.39, 0.29) is 71.9 Å². The maximum absolute atomic E-state index is 13.4. The van der Waals surface area contributed by atoms with Crippen molar-refractivity contribution in [3.8, 4) is 0 Å². The first-order chi connectivity index (χ1) is 39.9. The van der Waals surface area contributed by atoms with Crippen LogP contribution in [-0.4, -0.2) is 63.4 Å². The molecule has 10 heteroatoms. The average molecular weight is 1160 g/mol. The quantitative estimate of drug-likeness (QED) is 0.0252. The molecule has 83 heavy (non-hydrogen) atoms. The molecule has 2 saturated carbocycles. The summed E-state index contributed by atoms with van der Waals surface area (Å²) in [4.78, 5) is 63.4. The molecule has 0 bridgehead atoms. The van der Waals surface area contributed by atoms with Crippen molar-refractivity contribution in [1.82, 2.24) is 0 Å². The second kappa shape index (κ2) is 38.5. The zero-order valence-electron chi connectivity index (χ0n) is 54.9. The molecule has 0 radical (unpaired) electrons. The minimum Gasteiger partial charge on any atom is -0.469 e. The number of hydrogen-bond acceptors (Lipinski definition) is 10. The number of fused-ring (bicyclic) bond motifs is 2. The molecule has 0 aromatic heterocycles. The van der Waals surface area contributed by atoms with Gasteiger partial charge in [0.05, 0.1) is 32.8 Å². The summed E-state index contributed by atoms with van der Waals surface area (Å²) in [5.41, 5.74) is 4.64. The number of methoxy groups -OCH3 is 1. The standard InChI is InChI=1S/C73H122O10/c1-11-12-13-14-15-16-17-18-19-20-21-22-23-24-25-26-27-28-29-30-31-38-66(75)80-53-47-57(2)43-49-70(8)60(5)46-52-73(62(7)35-33-37-64(70)73)56-83-69(78)42-41-67(76)81-54-48-58(3)44-50-71(9)59(4)45-51-72(61(6)34-32-36-63(71)72)55-82-68(77)40-39-65(74)79-10/h34-35,47-48,59-60,63-64H,11-33,36-46,49-56H2,1-10H3. The summed E-state index contributed by atoms with van der Waals surface area (Å²) in [7, 11) is 1.33. The predicted molar refractivity (Wildman–Crippen MR) is 338 cm³/mol. The van der Waals surface area contributed by atoms with Gasteiger partial charge >= 0.3 is 29.8 Å². The van der Waals surface area contributed by atoms with Crippen molar-refractivity contribution in [2.45, 2.75) is 306 Å². The van der Waals surface area contributed by atoms with E-state index in [1.807, 2.05) is 6.08 Å². The van der Waals surface area contributed by atoms with Gasteiger partial charge in [0, 0.05) is 17.3 Å². The van der Waals surface area contributed by atoms with Crippen LogP contribution in [0.25, 0.3) is 0 Å². The van der Waals surface area contributed by atoms with Crippen LogP contribution in [0.2, 0.25) is 0 Å². The van der Waals surface area contributed by atoms with E-state index in [4.69, 9.17) is 23.7 Å². The number of unbranched alkanes of at least 4 members (excludes halogenated alkanes) is 20. The Balaban J connectivity index is 1.10. The molecule has 8 atom stereocenters. The number of ether oxygens (including phenoxy) is 5. The van der Waals surface area contributed by atoms with E-state index in [1.165, 1.54) is 146 Å². The second-order valence-electron chi connectivity index (χ2n) is 27.4. The molecular weight excluding hydrogens is 1040 g/mol. The maximum Gasteiger partial charge on any atom is 0.306 e. The molecule has 0 aliphatic heterocycles. The summed E-state index contributed by atoms with van der Waals surface area (Å²) in [5.74, 6) is 0.0794. The third kappa shape index (κ3) is 23.5. The molecule has 4 rings (SSSR count). The van der Waals surface area contributed by atoms with Crippen molar-refractivity contribution < 1.29 is 47.7 Å². The molecule has 474 valence electrons. The number of rotatable bonds is 42. The largest absolute Gasteiger partial charge is 0.469 e. The Hall–Kier alpha value is -3.69. The highest BCUT2D eigenvalue weighted by atomic mass is 16.5. The number of hydrogen-bond donors (Lipinski definition) is 0. The first kappa shape index (κ1) is 71.8. The number of carbonyl (C=O) groups excluding carboxylic acids is 5. The predicted octanol–water partition coefficient (Wildman–Crippen LogP) is 19.5. The topological polar surface area (TPSA) is 132 Å². The first-order valence-corrected chi connectivity index (χ1v) is 34.2. The molecule has 8 unspecified atom stereocenters. The molecule has 0 heterocycles. The van der Waals surface area contributed by atoms with Crippen molar-refractivity contribution in [3.05, 3.63) is 46.6 Å². The van der Waals surface area contributed by atoms with Gasteiger partial charge in [-0.3, -0.25) is 24.0 Å². The van der Waals surface area contributed by atoms with Gasteiger partial charge in [-0.25, -0.2) is 0 Å². The minimum absolute atomic E-state index is 0.0118. The van der Waals surface area contributed by atoms with Gasteiger partial charge in [-0.2, -0.15) is 0 Å². The molecule has 4 aliphatic carbocycles. The fourth-order valence-electron chi connectivity index (χ4n) is 15.4. The number of allylic oxidation sites excluding steroid dienone is 4. The molecule has 0 N–H and O–H groups in total. The molecule has 0 saturated heterocycles. The van der Waals surface area contributed by atoms with Crippen LogP contribution in [0.3, 0.4) is 0 Å². The Bertz CT molecular complexity index is 2080. The van der Waals surface area contributed by atoms with Crippen LogP contribution in [0, 0.1) is 45.3 Å². The van der Waals surface area contributed by atoms with Crippen LogP contribution < -0.4 is 0 Å². The Morgan fingerprint density at radius 2 is 0.783 bits per heavy atom. The average Bonchev–Trinajstić information content (AvgIpc) is 1.93. The zero-order valence-corrected chi connectivity index (χ0v) is 54.9. The number of carbonyl (C=O) groups is 5. The summed E-state index contributed by atoms with van der Waals surface area (Å²) in [5, 5.41) is 0. The third-order valence-corrected chi connectivity index (χ3v) is 21.8. The van der Waals surface area contributed by atoms with Crippen molar-refractivity contribution in [3.63, 3.8) is 0 Å². The smallest absolute Gasteiger partial charge is 0.306 e. The van der Waals surface area contributed by atoms with Crippen molar-refractivity contribution in [2.75, 3.05) is 33.5 Å². The minimum atomic E-state index is -0.414. The fraction of sp³-hybridized carbons (Fsp3) is 0.822. The third-order valence-electron chi connectivity index (χ3n) is 21.8.